The molecule has 2 aliphatic heterocycles. The Bertz CT molecular complexity index is 1290. The lowest BCUT2D eigenvalue weighted by atomic mass is 9.80. The monoisotopic (exact) mass is 412 g/mol. The Balaban J connectivity index is 1.84. The lowest BCUT2D eigenvalue weighted by Gasteiger charge is -2.24. The van der Waals surface area contributed by atoms with Crippen molar-refractivity contribution in [3.05, 3.63) is 33.5 Å². The van der Waals surface area contributed by atoms with Crippen molar-refractivity contribution in [1.29, 1.82) is 0 Å². The van der Waals surface area contributed by atoms with E-state index in [1.165, 1.54) is 6.07 Å². The van der Waals surface area contributed by atoms with Crippen molar-refractivity contribution in [2.75, 3.05) is 0 Å². The summed E-state index contributed by atoms with van der Waals surface area (Å²) in [5.41, 5.74) is -0.501. The van der Waals surface area contributed by atoms with E-state index < -0.39 is 22.5 Å². The summed E-state index contributed by atoms with van der Waals surface area (Å²) in [7, 11) is 0. The zero-order valence-corrected chi connectivity index (χ0v) is 17.5. The summed E-state index contributed by atoms with van der Waals surface area (Å²) in [5, 5.41) is 32.1. The molecule has 7 nitrogen and oxygen atoms in total. The van der Waals surface area contributed by atoms with Crippen LogP contribution in [0.5, 0.6) is 23.0 Å². The van der Waals surface area contributed by atoms with Gasteiger partial charge < -0.3 is 29.2 Å². The molecule has 2 aromatic carbocycles. The highest BCUT2D eigenvalue weighted by Crippen LogP contribution is 2.51. The Morgan fingerprint density at radius 1 is 1.17 bits per heavy atom. The molecule has 5 rings (SSSR count). The number of aromatic hydroxyl groups is 2. The van der Waals surface area contributed by atoms with Crippen molar-refractivity contribution in [2.45, 2.75) is 64.3 Å². The molecule has 1 aromatic heterocycles. The molecule has 3 aromatic rings. The minimum atomic E-state index is -1.15. The minimum Gasteiger partial charge on any atom is -0.507 e. The van der Waals surface area contributed by atoms with Gasteiger partial charge in [-0.1, -0.05) is 13.8 Å². The van der Waals surface area contributed by atoms with Crippen LogP contribution in [0.1, 0.15) is 45.7 Å². The van der Waals surface area contributed by atoms with Crippen LogP contribution < -0.4 is 14.9 Å². The fraction of sp³-hybridized carbons (Fsp3) is 0.435. The van der Waals surface area contributed by atoms with Crippen LogP contribution in [-0.4, -0.2) is 33.1 Å². The van der Waals surface area contributed by atoms with Gasteiger partial charge in [0, 0.05) is 29.0 Å². The Hall–Kier alpha value is -2.93. The molecule has 0 bridgehead atoms. The Morgan fingerprint density at radius 2 is 1.87 bits per heavy atom. The Kier molecular flexibility index (Phi) is 3.56. The topological polar surface area (TPSA) is 109 Å². The van der Waals surface area contributed by atoms with Crippen LogP contribution in [0, 0.1) is 0 Å². The second-order valence-electron chi connectivity index (χ2n) is 9.43. The molecule has 7 heteroatoms. The zero-order chi connectivity index (χ0) is 21.7. The van der Waals surface area contributed by atoms with Crippen LogP contribution >= 0.6 is 0 Å². The number of phenols is 2. The van der Waals surface area contributed by atoms with E-state index in [0.717, 1.165) is 0 Å². The van der Waals surface area contributed by atoms with Gasteiger partial charge in [-0.25, -0.2) is 0 Å². The quantitative estimate of drug-likeness (QED) is 0.525. The predicted octanol–water partition coefficient (Wildman–Crippen LogP) is 3.49. The van der Waals surface area contributed by atoms with Crippen molar-refractivity contribution in [3.63, 3.8) is 0 Å². The third kappa shape index (κ3) is 2.32. The standard InChI is InChI=1S/C23H24O7/c1-9-22(2,3)17-14(28-9)8-13-16(19(17)26)18(25)10-6-12(24)21-11(20(10)29-13)7-15(30-21)23(4,5)27/h6,8-9,15,24,26-27H,7H2,1-5H3. The molecular formula is C23H24O7. The summed E-state index contributed by atoms with van der Waals surface area (Å²) >= 11 is 0. The molecule has 30 heavy (non-hydrogen) atoms. The van der Waals surface area contributed by atoms with Crippen LogP contribution in [0.25, 0.3) is 21.9 Å². The molecule has 2 atom stereocenters. The lowest BCUT2D eigenvalue weighted by molar-refractivity contribution is -0.0235. The van der Waals surface area contributed by atoms with Gasteiger partial charge in [0.1, 0.15) is 40.3 Å². The van der Waals surface area contributed by atoms with Crippen LogP contribution in [-0.2, 0) is 11.8 Å². The number of phenolic OH excluding ortho intramolecular Hbond substituents is 2. The highest BCUT2D eigenvalue weighted by molar-refractivity contribution is 5.98. The molecule has 0 saturated heterocycles. The molecule has 2 aliphatic rings. The number of fused-ring (bicyclic) bond motifs is 5. The summed E-state index contributed by atoms with van der Waals surface area (Å²) in [6, 6.07) is 2.93. The second-order valence-corrected chi connectivity index (χ2v) is 9.43. The van der Waals surface area contributed by atoms with Gasteiger partial charge in [0.2, 0.25) is 5.43 Å². The second kappa shape index (κ2) is 5.60. The highest BCUT2D eigenvalue weighted by atomic mass is 16.5. The predicted molar refractivity (Wildman–Crippen MR) is 111 cm³/mol. The molecule has 0 spiro atoms. The van der Waals surface area contributed by atoms with Crippen molar-refractivity contribution < 1.29 is 29.2 Å². The summed E-state index contributed by atoms with van der Waals surface area (Å²) in [6.45, 7) is 9.05. The Morgan fingerprint density at radius 3 is 2.53 bits per heavy atom. The molecule has 0 radical (unpaired) electrons. The number of hydrogen-bond donors (Lipinski definition) is 3. The number of benzene rings is 2. The number of aliphatic hydroxyl groups is 1. The number of rotatable bonds is 1. The van der Waals surface area contributed by atoms with Gasteiger partial charge >= 0.3 is 0 Å². The van der Waals surface area contributed by atoms with E-state index in [1.54, 1.807) is 19.9 Å². The molecule has 0 amide bonds. The average Bonchev–Trinajstić information content (AvgIpc) is 3.17. The highest BCUT2D eigenvalue weighted by Gasteiger charge is 2.43. The van der Waals surface area contributed by atoms with E-state index in [9.17, 15) is 20.1 Å². The minimum absolute atomic E-state index is 0.0596. The first-order valence-electron chi connectivity index (χ1n) is 9.98. The first-order valence-corrected chi connectivity index (χ1v) is 9.98. The lowest BCUT2D eigenvalue weighted by Crippen LogP contribution is -2.39. The third-order valence-electron chi connectivity index (χ3n) is 6.62. The molecule has 2 unspecified atom stereocenters. The van der Waals surface area contributed by atoms with Crippen LogP contribution in [0.15, 0.2) is 21.3 Å². The fourth-order valence-electron chi connectivity index (χ4n) is 4.48. The molecule has 0 fully saturated rings. The number of hydrogen-bond acceptors (Lipinski definition) is 7. The van der Waals surface area contributed by atoms with Crippen LogP contribution in [0.4, 0.5) is 0 Å². The van der Waals surface area contributed by atoms with E-state index in [4.69, 9.17) is 13.9 Å². The summed E-state index contributed by atoms with van der Waals surface area (Å²) < 4.78 is 17.8. The first-order chi connectivity index (χ1) is 13.9. The van der Waals surface area contributed by atoms with E-state index >= 15 is 0 Å². The molecular weight excluding hydrogens is 388 g/mol. The molecule has 3 N–H and O–H groups in total. The zero-order valence-electron chi connectivity index (χ0n) is 17.5. The van der Waals surface area contributed by atoms with Gasteiger partial charge in [-0.3, -0.25) is 4.79 Å². The summed E-state index contributed by atoms with van der Waals surface area (Å²) in [6.07, 6.45) is -0.507. The van der Waals surface area contributed by atoms with Gasteiger partial charge in [0.25, 0.3) is 0 Å². The van der Waals surface area contributed by atoms with E-state index in [0.29, 0.717) is 16.9 Å². The van der Waals surface area contributed by atoms with Crippen molar-refractivity contribution in [2.24, 2.45) is 0 Å². The van der Waals surface area contributed by atoms with Crippen molar-refractivity contribution in [1.82, 2.24) is 0 Å². The molecule has 158 valence electrons. The maximum Gasteiger partial charge on any atom is 0.204 e. The molecule has 0 aliphatic carbocycles. The van der Waals surface area contributed by atoms with Gasteiger partial charge in [-0.05, 0) is 26.8 Å². The maximum atomic E-state index is 13.4. The van der Waals surface area contributed by atoms with Crippen molar-refractivity contribution >= 4 is 21.9 Å². The summed E-state index contributed by atoms with van der Waals surface area (Å²) in [5.74, 6) is 0.335. The first kappa shape index (κ1) is 19.1. The van der Waals surface area contributed by atoms with E-state index in [2.05, 4.69) is 0 Å². The fourth-order valence-corrected chi connectivity index (χ4v) is 4.48. The third-order valence-corrected chi connectivity index (χ3v) is 6.62. The maximum absolute atomic E-state index is 13.4. The molecule has 3 heterocycles. The average molecular weight is 412 g/mol. The van der Waals surface area contributed by atoms with E-state index in [-0.39, 0.29) is 51.7 Å². The number of ether oxygens (including phenoxy) is 2. The van der Waals surface area contributed by atoms with Gasteiger partial charge in [-0.15, -0.1) is 0 Å². The Labute approximate surface area is 172 Å². The van der Waals surface area contributed by atoms with Gasteiger partial charge in [-0.2, -0.15) is 0 Å². The largest absolute Gasteiger partial charge is 0.507 e. The van der Waals surface area contributed by atoms with Gasteiger partial charge in [0.15, 0.2) is 11.5 Å². The molecule has 0 saturated carbocycles. The van der Waals surface area contributed by atoms with Crippen LogP contribution in [0.3, 0.4) is 0 Å². The SMILES string of the molecule is CC1Oc2cc3oc4c5c(c(O)cc4c(=O)c3c(O)c2C1(C)C)OC(C(C)(C)O)C5. The van der Waals surface area contributed by atoms with Crippen LogP contribution in [0.2, 0.25) is 0 Å². The van der Waals surface area contributed by atoms with E-state index in [1.807, 2.05) is 20.8 Å². The normalized spacial score (nSPS) is 22.1. The summed E-state index contributed by atoms with van der Waals surface area (Å²) in [4.78, 5) is 13.4. The van der Waals surface area contributed by atoms with Crippen molar-refractivity contribution in [3.8, 4) is 23.0 Å². The smallest absolute Gasteiger partial charge is 0.204 e. The van der Waals surface area contributed by atoms with Gasteiger partial charge in [0.05, 0.1) is 11.0 Å².